The largest absolute Gasteiger partial charge is 0.460 e. The number of unbranched alkanes of at least 4 members (excludes halogenated alkanes) is 5. The van der Waals surface area contributed by atoms with E-state index < -0.39 is 0 Å². The number of nitrogens with one attached hydrogen (secondary N) is 1. The Hall–Kier alpha value is -1.32. The van der Waals surface area contributed by atoms with Gasteiger partial charge in [0.1, 0.15) is 17.3 Å². The van der Waals surface area contributed by atoms with E-state index >= 15 is 0 Å². The second-order valence-electron chi connectivity index (χ2n) is 5.69. The van der Waals surface area contributed by atoms with Crippen LogP contribution in [-0.2, 0) is 6.54 Å². The highest BCUT2D eigenvalue weighted by molar-refractivity contribution is 5.85. The third kappa shape index (κ3) is 6.76. The number of rotatable bonds is 10. The molecule has 0 amide bonds. The zero-order valence-electron chi connectivity index (χ0n) is 13.8. The second-order valence-corrected chi connectivity index (χ2v) is 5.69. The molecule has 0 saturated carbocycles. The van der Waals surface area contributed by atoms with Crippen molar-refractivity contribution in [2.24, 2.45) is 0 Å². The summed E-state index contributed by atoms with van der Waals surface area (Å²) in [5, 5.41) is 3.38. The normalized spacial score (nSPS) is 10.5. The molecule has 128 valence electrons. The van der Waals surface area contributed by atoms with E-state index in [4.69, 9.17) is 4.42 Å². The Kier molecular flexibility index (Phi) is 9.65. The Morgan fingerprint density at radius 1 is 0.957 bits per heavy atom. The first-order valence-corrected chi connectivity index (χ1v) is 8.35. The Bertz CT molecular complexity index is 556. The van der Waals surface area contributed by atoms with Crippen LogP contribution in [0.3, 0.4) is 0 Å². The Morgan fingerprint density at radius 3 is 2.48 bits per heavy atom. The Labute approximate surface area is 144 Å². The summed E-state index contributed by atoms with van der Waals surface area (Å²) in [5.41, 5.74) is 0.518. The van der Waals surface area contributed by atoms with Crippen LogP contribution < -0.4 is 5.32 Å². The molecule has 0 radical (unpaired) electrons. The highest BCUT2D eigenvalue weighted by atomic mass is 35.5. The smallest absolute Gasteiger partial charge is 0.137 e. The fourth-order valence-electron chi connectivity index (χ4n) is 2.52. The van der Waals surface area contributed by atoms with Gasteiger partial charge in [0.2, 0.25) is 0 Å². The highest BCUT2D eigenvalue weighted by Crippen LogP contribution is 2.24. The van der Waals surface area contributed by atoms with E-state index in [1.807, 2.05) is 18.2 Å². The molecule has 0 aliphatic rings. The van der Waals surface area contributed by atoms with Crippen LogP contribution in [0.15, 0.2) is 40.8 Å². The van der Waals surface area contributed by atoms with Crippen LogP contribution in [0, 0.1) is 5.82 Å². The molecule has 2 nitrogen and oxygen atoms in total. The van der Waals surface area contributed by atoms with Gasteiger partial charge in [0.25, 0.3) is 0 Å². The molecule has 23 heavy (non-hydrogen) atoms. The molecule has 2 aromatic rings. The van der Waals surface area contributed by atoms with Gasteiger partial charge in [0, 0.05) is 0 Å². The van der Waals surface area contributed by atoms with Crippen LogP contribution in [0.4, 0.5) is 4.39 Å². The summed E-state index contributed by atoms with van der Waals surface area (Å²) in [4.78, 5) is 0. The third-order valence-electron chi connectivity index (χ3n) is 3.81. The van der Waals surface area contributed by atoms with Crippen molar-refractivity contribution in [3.63, 3.8) is 0 Å². The van der Waals surface area contributed by atoms with Crippen LogP contribution >= 0.6 is 12.4 Å². The molecule has 0 saturated heterocycles. The van der Waals surface area contributed by atoms with Gasteiger partial charge in [0.15, 0.2) is 0 Å². The number of benzene rings is 1. The fraction of sp³-hybridized carbons (Fsp3) is 0.474. The molecular formula is C19H27ClFNO. The van der Waals surface area contributed by atoms with Crippen LogP contribution in [0.2, 0.25) is 0 Å². The van der Waals surface area contributed by atoms with Gasteiger partial charge in [-0.05, 0) is 37.2 Å². The summed E-state index contributed by atoms with van der Waals surface area (Å²) in [5.74, 6) is 1.20. The summed E-state index contributed by atoms with van der Waals surface area (Å²) in [6.45, 7) is 3.94. The molecule has 0 atom stereocenters. The van der Waals surface area contributed by atoms with Gasteiger partial charge < -0.3 is 9.73 Å². The minimum atomic E-state index is -0.247. The summed E-state index contributed by atoms with van der Waals surface area (Å²) in [6.07, 6.45) is 7.80. The first-order chi connectivity index (χ1) is 10.8. The Balaban J connectivity index is 0.00000264. The second kappa shape index (κ2) is 11.3. The molecule has 4 heteroatoms. The van der Waals surface area contributed by atoms with E-state index in [2.05, 4.69) is 12.2 Å². The van der Waals surface area contributed by atoms with Crippen molar-refractivity contribution in [1.29, 1.82) is 0 Å². The van der Waals surface area contributed by atoms with Crippen molar-refractivity contribution in [2.75, 3.05) is 6.54 Å². The maximum absolute atomic E-state index is 13.7. The summed E-state index contributed by atoms with van der Waals surface area (Å²) < 4.78 is 19.4. The van der Waals surface area contributed by atoms with Crippen molar-refractivity contribution >= 4 is 12.4 Å². The lowest BCUT2D eigenvalue weighted by Gasteiger charge is -2.03. The average molecular weight is 340 g/mol. The van der Waals surface area contributed by atoms with Gasteiger partial charge in [-0.15, -0.1) is 12.4 Å². The molecular weight excluding hydrogens is 313 g/mol. The molecule has 0 aliphatic carbocycles. The monoisotopic (exact) mass is 339 g/mol. The summed E-state index contributed by atoms with van der Waals surface area (Å²) in [6, 6.07) is 10.4. The van der Waals surface area contributed by atoms with Crippen LogP contribution in [0.25, 0.3) is 11.3 Å². The SMILES string of the molecule is CCCCCCCCNCc1ccc(-c2ccccc2F)o1.Cl. The topological polar surface area (TPSA) is 25.2 Å². The number of hydrogen-bond acceptors (Lipinski definition) is 2. The van der Waals surface area contributed by atoms with Crippen LogP contribution in [0.5, 0.6) is 0 Å². The van der Waals surface area contributed by atoms with Crippen LogP contribution in [0.1, 0.15) is 51.2 Å². The minimum Gasteiger partial charge on any atom is -0.460 e. The highest BCUT2D eigenvalue weighted by Gasteiger charge is 2.08. The molecule has 1 aromatic carbocycles. The number of hydrogen-bond donors (Lipinski definition) is 1. The van der Waals surface area contributed by atoms with Gasteiger partial charge in [-0.25, -0.2) is 4.39 Å². The van der Waals surface area contributed by atoms with Crippen molar-refractivity contribution in [3.8, 4) is 11.3 Å². The maximum atomic E-state index is 13.7. The molecule has 0 spiro atoms. The quantitative estimate of drug-likeness (QED) is 0.540. The molecule has 1 aromatic heterocycles. The first kappa shape index (κ1) is 19.7. The zero-order valence-corrected chi connectivity index (χ0v) is 14.6. The predicted molar refractivity (Wildman–Crippen MR) is 96.4 cm³/mol. The van der Waals surface area contributed by atoms with E-state index in [9.17, 15) is 4.39 Å². The van der Waals surface area contributed by atoms with Gasteiger partial charge in [-0.3, -0.25) is 0 Å². The van der Waals surface area contributed by atoms with Crippen LogP contribution in [-0.4, -0.2) is 6.54 Å². The van der Waals surface area contributed by atoms with Gasteiger partial charge in [0.05, 0.1) is 12.1 Å². The van der Waals surface area contributed by atoms with Crippen molar-refractivity contribution in [3.05, 3.63) is 48.0 Å². The average Bonchev–Trinajstić information content (AvgIpc) is 2.99. The standard InChI is InChI=1S/C19H26FNO.ClH/c1-2-3-4-5-6-9-14-21-15-16-12-13-19(22-16)17-10-7-8-11-18(17)20;/h7-8,10-13,21H,2-6,9,14-15H2,1H3;1H. The summed E-state index contributed by atoms with van der Waals surface area (Å²) in [7, 11) is 0. The molecule has 2 rings (SSSR count). The first-order valence-electron chi connectivity index (χ1n) is 8.35. The van der Waals surface area contributed by atoms with E-state index in [1.54, 1.807) is 12.1 Å². The molecule has 1 heterocycles. The van der Waals surface area contributed by atoms with Gasteiger partial charge in [-0.1, -0.05) is 51.2 Å². The van der Waals surface area contributed by atoms with Crippen molar-refractivity contribution < 1.29 is 8.81 Å². The molecule has 0 bridgehead atoms. The van der Waals surface area contributed by atoms with Gasteiger partial charge in [-0.2, -0.15) is 0 Å². The number of halogens is 2. The van der Waals surface area contributed by atoms with E-state index in [0.717, 1.165) is 12.3 Å². The lowest BCUT2D eigenvalue weighted by Crippen LogP contribution is -2.14. The molecule has 0 unspecified atom stereocenters. The fourth-order valence-corrected chi connectivity index (χ4v) is 2.52. The Morgan fingerprint density at radius 2 is 1.70 bits per heavy atom. The zero-order chi connectivity index (χ0) is 15.6. The minimum absolute atomic E-state index is 0. The lowest BCUT2D eigenvalue weighted by atomic mass is 10.1. The summed E-state index contributed by atoms with van der Waals surface area (Å²) >= 11 is 0. The van der Waals surface area contributed by atoms with E-state index in [-0.39, 0.29) is 18.2 Å². The molecule has 0 aliphatic heterocycles. The maximum Gasteiger partial charge on any atom is 0.137 e. The van der Waals surface area contributed by atoms with Gasteiger partial charge >= 0.3 is 0 Å². The molecule has 0 fully saturated rings. The van der Waals surface area contributed by atoms with Crippen molar-refractivity contribution in [2.45, 2.75) is 52.0 Å². The predicted octanol–water partition coefficient (Wildman–Crippen LogP) is 5.96. The van der Waals surface area contributed by atoms with E-state index in [0.29, 0.717) is 17.9 Å². The number of furan rings is 1. The van der Waals surface area contributed by atoms with Crippen molar-refractivity contribution in [1.82, 2.24) is 5.32 Å². The van der Waals surface area contributed by atoms with E-state index in [1.165, 1.54) is 44.6 Å². The third-order valence-corrected chi connectivity index (χ3v) is 3.81. The lowest BCUT2D eigenvalue weighted by molar-refractivity contribution is 0.483. The molecule has 1 N–H and O–H groups in total.